The van der Waals surface area contributed by atoms with Gasteiger partial charge in [0.1, 0.15) is 6.10 Å². The van der Waals surface area contributed by atoms with Crippen molar-refractivity contribution in [3.8, 4) is 11.5 Å². The molecule has 1 aromatic carbocycles. The number of carbonyl (C=O) groups is 1. The van der Waals surface area contributed by atoms with Gasteiger partial charge in [-0.05, 0) is 36.6 Å². The van der Waals surface area contributed by atoms with Crippen molar-refractivity contribution in [3.63, 3.8) is 0 Å². The van der Waals surface area contributed by atoms with Crippen LogP contribution in [0.5, 0.6) is 0 Å². The molecule has 0 N–H and O–H groups in total. The Labute approximate surface area is 146 Å². The number of hydrogen-bond donors (Lipinski definition) is 0. The molecule has 0 aliphatic carbocycles. The number of amides is 1. The van der Waals surface area contributed by atoms with E-state index in [4.69, 9.17) is 9.26 Å². The minimum absolute atomic E-state index is 0.123. The van der Waals surface area contributed by atoms with Gasteiger partial charge in [0.15, 0.2) is 0 Å². The second-order valence-electron chi connectivity index (χ2n) is 6.43. The van der Waals surface area contributed by atoms with Gasteiger partial charge in [-0.1, -0.05) is 18.2 Å². The van der Waals surface area contributed by atoms with E-state index in [-0.39, 0.29) is 12.0 Å². The number of carbonyl (C=O) groups excluding carboxylic acids is 1. The Balaban J connectivity index is 1.41. The molecule has 0 saturated carbocycles. The molecule has 1 aromatic heterocycles. The monoisotopic (exact) mass is 342 g/mol. The molecule has 2 fully saturated rings. The summed E-state index contributed by atoms with van der Waals surface area (Å²) in [4.78, 5) is 21.0. The van der Waals surface area contributed by atoms with E-state index < -0.39 is 0 Å². The number of anilines is 1. The van der Waals surface area contributed by atoms with Crippen LogP contribution in [0.4, 0.5) is 5.95 Å². The van der Waals surface area contributed by atoms with Crippen molar-refractivity contribution in [1.82, 2.24) is 15.0 Å². The zero-order chi connectivity index (χ0) is 17.1. The highest BCUT2D eigenvalue weighted by Crippen LogP contribution is 2.21. The van der Waals surface area contributed by atoms with E-state index in [1.54, 1.807) is 0 Å². The molecular weight excluding hydrogens is 320 g/mol. The number of benzene rings is 1. The zero-order valence-corrected chi connectivity index (χ0v) is 14.1. The van der Waals surface area contributed by atoms with Gasteiger partial charge in [-0.15, -0.1) is 0 Å². The first-order valence-corrected chi connectivity index (χ1v) is 8.86. The van der Waals surface area contributed by atoms with Gasteiger partial charge in [0.05, 0.1) is 0 Å². The van der Waals surface area contributed by atoms with Crippen LogP contribution in [-0.4, -0.2) is 59.8 Å². The van der Waals surface area contributed by atoms with Crippen LogP contribution < -0.4 is 4.90 Å². The molecular formula is C18H22N4O3. The minimum Gasteiger partial charge on any atom is -0.368 e. The van der Waals surface area contributed by atoms with Crippen LogP contribution in [0.25, 0.3) is 11.5 Å². The summed E-state index contributed by atoms with van der Waals surface area (Å²) in [5, 5.41) is 4.12. The summed E-state index contributed by atoms with van der Waals surface area (Å²) in [5.41, 5.74) is 0.909. The molecule has 3 heterocycles. The lowest BCUT2D eigenvalue weighted by Crippen LogP contribution is -2.41. The largest absolute Gasteiger partial charge is 0.368 e. The van der Waals surface area contributed by atoms with E-state index in [1.807, 2.05) is 35.2 Å². The van der Waals surface area contributed by atoms with Crippen LogP contribution in [0.3, 0.4) is 0 Å². The highest BCUT2D eigenvalue weighted by atomic mass is 16.5. The van der Waals surface area contributed by atoms with Crippen LogP contribution in [0.15, 0.2) is 34.9 Å². The third-order valence-corrected chi connectivity index (χ3v) is 4.73. The molecule has 2 saturated heterocycles. The molecule has 0 bridgehead atoms. The van der Waals surface area contributed by atoms with E-state index in [0.717, 1.165) is 37.9 Å². The summed E-state index contributed by atoms with van der Waals surface area (Å²) in [5.74, 6) is 1.23. The molecule has 7 nitrogen and oxygen atoms in total. The van der Waals surface area contributed by atoms with Crippen LogP contribution in [0.2, 0.25) is 0 Å². The first kappa shape index (κ1) is 16.1. The van der Waals surface area contributed by atoms with Gasteiger partial charge >= 0.3 is 0 Å². The quantitative estimate of drug-likeness (QED) is 0.849. The fourth-order valence-electron chi connectivity index (χ4n) is 3.36. The first-order valence-electron chi connectivity index (χ1n) is 8.86. The second kappa shape index (κ2) is 7.23. The Bertz CT molecular complexity index is 712. The van der Waals surface area contributed by atoms with Gasteiger partial charge in [-0.25, -0.2) is 0 Å². The molecule has 7 heteroatoms. The average Bonchev–Trinajstić information content (AvgIpc) is 3.30. The van der Waals surface area contributed by atoms with Crippen LogP contribution in [0.1, 0.15) is 19.3 Å². The maximum Gasteiger partial charge on any atom is 0.266 e. The Morgan fingerprint density at radius 1 is 1.08 bits per heavy atom. The molecule has 2 aliphatic heterocycles. The van der Waals surface area contributed by atoms with Gasteiger partial charge in [-0.2, -0.15) is 4.98 Å². The number of rotatable bonds is 3. The van der Waals surface area contributed by atoms with E-state index in [1.165, 1.54) is 0 Å². The molecule has 2 aliphatic rings. The molecule has 4 rings (SSSR count). The summed E-state index contributed by atoms with van der Waals surface area (Å²) in [6.45, 7) is 3.61. The standard InChI is InChI=1S/C18H22N4O3/c23-17(15-8-4-13-24-15)21-9-5-10-22(12-11-21)18-19-16(25-20-18)14-6-2-1-3-7-14/h1-3,6-7,15H,4-5,8-13H2. The summed E-state index contributed by atoms with van der Waals surface area (Å²) < 4.78 is 10.9. The van der Waals surface area contributed by atoms with Gasteiger partial charge in [-0.3, -0.25) is 4.79 Å². The molecule has 2 aromatic rings. The van der Waals surface area contributed by atoms with Gasteiger partial charge in [0.25, 0.3) is 17.7 Å². The van der Waals surface area contributed by atoms with Gasteiger partial charge in [0, 0.05) is 38.3 Å². The fourth-order valence-corrected chi connectivity index (χ4v) is 3.36. The minimum atomic E-state index is -0.249. The van der Waals surface area contributed by atoms with Crippen molar-refractivity contribution in [2.24, 2.45) is 0 Å². The Morgan fingerprint density at radius 2 is 1.96 bits per heavy atom. The summed E-state index contributed by atoms with van der Waals surface area (Å²) in [6, 6.07) is 9.73. The number of hydrogen-bond acceptors (Lipinski definition) is 6. The molecule has 0 spiro atoms. The van der Waals surface area contributed by atoms with E-state index in [9.17, 15) is 4.79 Å². The van der Waals surface area contributed by atoms with Crippen molar-refractivity contribution >= 4 is 11.9 Å². The lowest BCUT2D eigenvalue weighted by atomic mass is 10.2. The Hall–Kier alpha value is -2.41. The van der Waals surface area contributed by atoms with E-state index in [0.29, 0.717) is 31.5 Å². The number of ether oxygens (including phenoxy) is 1. The van der Waals surface area contributed by atoms with Gasteiger partial charge < -0.3 is 19.1 Å². The topological polar surface area (TPSA) is 71.7 Å². The fraction of sp³-hybridized carbons (Fsp3) is 0.500. The van der Waals surface area contributed by atoms with E-state index in [2.05, 4.69) is 15.0 Å². The van der Waals surface area contributed by atoms with Crippen LogP contribution in [-0.2, 0) is 9.53 Å². The molecule has 1 amide bonds. The van der Waals surface area contributed by atoms with Crippen molar-refractivity contribution in [3.05, 3.63) is 30.3 Å². The smallest absolute Gasteiger partial charge is 0.266 e. The average molecular weight is 342 g/mol. The Kier molecular flexibility index (Phi) is 4.65. The third kappa shape index (κ3) is 3.51. The molecule has 0 radical (unpaired) electrons. The number of aromatic nitrogens is 2. The number of nitrogens with zero attached hydrogens (tertiary/aromatic N) is 4. The third-order valence-electron chi connectivity index (χ3n) is 4.73. The molecule has 132 valence electrons. The highest BCUT2D eigenvalue weighted by molar-refractivity contribution is 5.81. The molecule has 25 heavy (non-hydrogen) atoms. The van der Waals surface area contributed by atoms with Crippen molar-refractivity contribution in [2.75, 3.05) is 37.7 Å². The Morgan fingerprint density at radius 3 is 2.76 bits per heavy atom. The second-order valence-corrected chi connectivity index (χ2v) is 6.43. The van der Waals surface area contributed by atoms with Gasteiger partial charge in [0.2, 0.25) is 0 Å². The maximum absolute atomic E-state index is 12.5. The first-order chi connectivity index (χ1) is 12.3. The van der Waals surface area contributed by atoms with E-state index >= 15 is 0 Å². The summed E-state index contributed by atoms with van der Waals surface area (Å²) >= 11 is 0. The predicted molar refractivity (Wildman–Crippen MR) is 92.1 cm³/mol. The van der Waals surface area contributed by atoms with Crippen molar-refractivity contribution < 1.29 is 14.1 Å². The van der Waals surface area contributed by atoms with Crippen molar-refractivity contribution in [1.29, 1.82) is 0 Å². The maximum atomic E-state index is 12.5. The lowest BCUT2D eigenvalue weighted by Gasteiger charge is -2.23. The van der Waals surface area contributed by atoms with Crippen molar-refractivity contribution in [2.45, 2.75) is 25.4 Å². The molecule has 1 unspecified atom stereocenters. The SMILES string of the molecule is O=C(C1CCCO1)N1CCCN(c2noc(-c3ccccc3)n2)CC1. The summed E-state index contributed by atoms with van der Waals surface area (Å²) in [6.07, 6.45) is 2.45. The van der Waals surface area contributed by atoms with Crippen LogP contribution >= 0.6 is 0 Å². The molecule has 1 atom stereocenters. The highest BCUT2D eigenvalue weighted by Gasteiger charge is 2.30. The zero-order valence-electron chi connectivity index (χ0n) is 14.1. The van der Waals surface area contributed by atoms with Crippen LogP contribution in [0, 0.1) is 0 Å². The summed E-state index contributed by atoms with van der Waals surface area (Å²) in [7, 11) is 0. The lowest BCUT2D eigenvalue weighted by molar-refractivity contribution is -0.140. The predicted octanol–water partition coefficient (Wildman–Crippen LogP) is 1.95. The normalized spacial score (nSPS) is 21.4.